The zero-order valence-corrected chi connectivity index (χ0v) is 8.86. The maximum Gasteiger partial charge on any atom is 0.354 e. The van der Waals surface area contributed by atoms with E-state index in [1.165, 1.54) is 6.08 Å². The number of hydrogen-bond acceptors (Lipinski definition) is 4. The van der Waals surface area contributed by atoms with Crippen LogP contribution in [0.5, 0.6) is 0 Å². The van der Waals surface area contributed by atoms with E-state index in [1.54, 1.807) is 7.05 Å². The lowest BCUT2D eigenvalue weighted by Crippen LogP contribution is -2.21. The Morgan fingerprint density at radius 1 is 1.69 bits per heavy atom. The van der Waals surface area contributed by atoms with Crippen molar-refractivity contribution in [3.63, 3.8) is 0 Å². The lowest BCUT2D eigenvalue weighted by Gasteiger charge is -2.08. The molecular weight excluding hydrogens is 186 g/mol. The van der Waals surface area contributed by atoms with E-state index >= 15 is 0 Å². The number of carbonyl (C=O) groups is 1. The second-order valence-corrected chi connectivity index (χ2v) is 2.77. The van der Waals surface area contributed by atoms with Crippen LogP contribution in [-0.4, -0.2) is 25.4 Å². The van der Waals surface area contributed by atoms with Gasteiger partial charge in [-0.3, -0.25) is 0 Å². The van der Waals surface area contributed by atoms with Crippen LogP contribution in [0.3, 0.4) is 0 Å². The Balaban J connectivity index is 4.40. The molecule has 0 aromatic heterocycles. The van der Waals surface area contributed by atoms with Crippen molar-refractivity contribution in [2.24, 2.45) is 0 Å². The number of rotatable bonds is 5. The Labute approximate surface area is 84.3 Å². The fraction of sp³-hybridized carbons (Fsp3) is 0.444. The Morgan fingerprint density at radius 2 is 2.31 bits per heavy atom. The molecule has 0 unspecified atom stereocenters. The predicted molar refractivity (Wildman–Crippen MR) is 56.8 cm³/mol. The average Bonchev–Trinajstić information content (AvgIpc) is 2.15. The van der Waals surface area contributed by atoms with Crippen molar-refractivity contribution in [1.82, 2.24) is 5.32 Å². The molecule has 0 radical (unpaired) electrons. The second-order valence-electron chi connectivity index (χ2n) is 2.45. The molecule has 0 aromatic rings. The van der Waals surface area contributed by atoms with Crippen molar-refractivity contribution >= 4 is 18.6 Å². The minimum Gasteiger partial charge on any atom is -0.457 e. The number of ether oxygens (including phenoxy) is 1. The molecule has 0 aliphatic heterocycles. The molecule has 0 atom stereocenters. The van der Waals surface area contributed by atoms with Crippen LogP contribution in [0.25, 0.3) is 0 Å². The number of carbonyl (C=O) groups excluding carboxylic acids is 1. The first-order valence-corrected chi connectivity index (χ1v) is 4.57. The van der Waals surface area contributed by atoms with Gasteiger partial charge in [0.15, 0.2) is 0 Å². The van der Waals surface area contributed by atoms with E-state index in [9.17, 15) is 4.79 Å². The van der Waals surface area contributed by atoms with Gasteiger partial charge in [-0.1, -0.05) is 12.7 Å². The molecule has 4 heteroatoms. The molecule has 1 N–H and O–H groups in total. The maximum absolute atomic E-state index is 11.3. The number of hydrogen-bond donors (Lipinski definition) is 2. The highest BCUT2D eigenvalue weighted by atomic mass is 32.1. The summed E-state index contributed by atoms with van der Waals surface area (Å²) in [6.45, 7) is 5.51. The fourth-order valence-electron chi connectivity index (χ4n) is 0.776. The summed E-state index contributed by atoms with van der Waals surface area (Å²) in [6, 6.07) is 0. The van der Waals surface area contributed by atoms with Crippen LogP contribution in [0, 0.1) is 0 Å². The van der Waals surface area contributed by atoms with Crippen molar-refractivity contribution in [1.29, 1.82) is 0 Å². The molecule has 0 fully saturated rings. The third-order valence-electron chi connectivity index (χ3n) is 1.45. The molecule has 0 aliphatic carbocycles. The van der Waals surface area contributed by atoms with Crippen molar-refractivity contribution in [2.45, 2.75) is 6.92 Å². The summed E-state index contributed by atoms with van der Waals surface area (Å²) >= 11 is 4.07. The van der Waals surface area contributed by atoms with E-state index < -0.39 is 0 Å². The van der Waals surface area contributed by atoms with Crippen LogP contribution in [0.1, 0.15) is 6.92 Å². The number of nitrogens with one attached hydrogen (secondary N) is 1. The van der Waals surface area contributed by atoms with E-state index in [-0.39, 0.29) is 12.6 Å². The highest BCUT2D eigenvalue weighted by Gasteiger charge is 2.10. The van der Waals surface area contributed by atoms with Gasteiger partial charge in [-0.2, -0.15) is 12.6 Å². The molecule has 0 saturated carbocycles. The minimum atomic E-state index is -0.367. The van der Waals surface area contributed by atoms with Gasteiger partial charge in [-0.15, -0.1) is 0 Å². The summed E-state index contributed by atoms with van der Waals surface area (Å²) < 4.78 is 4.86. The van der Waals surface area contributed by atoms with Crippen molar-refractivity contribution < 1.29 is 9.53 Å². The number of esters is 1. The fourth-order valence-corrected chi connectivity index (χ4v) is 0.934. The Hall–Kier alpha value is -0.900. The molecule has 0 aliphatic rings. The first-order chi connectivity index (χ1) is 6.17. The smallest absolute Gasteiger partial charge is 0.354 e. The van der Waals surface area contributed by atoms with E-state index in [2.05, 4.69) is 24.5 Å². The first-order valence-electron chi connectivity index (χ1n) is 3.93. The lowest BCUT2D eigenvalue weighted by molar-refractivity contribution is -0.138. The summed E-state index contributed by atoms with van der Waals surface area (Å²) in [5.74, 6) is 0.160. The van der Waals surface area contributed by atoms with E-state index in [0.717, 1.165) is 5.57 Å². The summed E-state index contributed by atoms with van der Waals surface area (Å²) in [7, 11) is 1.68. The number of likely N-dealkylation sites (N-methyl/N-ethyl adjacent to an activating group) is 1. The zero-order chi connectivity index (χ0) is 10.3. The molecule has 0 aromatic carbocycles. The van der Waals surface area contributed by atoms with Gasteiger partial charge in [0.05, 0.1) is 0 Å². The van der Waals surface area contributed by atoms with Crippen LogP contribution < -0.4 is 5.32 Å². The van der Waals surface area contributed by atoms with Gasteiger partial charge in [0.1, 0.15) is 12.3 Å². The Bertz CT molecular complexity index is 224. The van der Waals surface area contributed by atoms with Crippen molar-refractivity contribution in [3.8, 4) is 0 Å². The molecular formula is C9H15NO2S. The molecule has 13 heavy (non-hydrogen) atoms. The van der Waals surface area contributed by atoms with E-state index in [4.69, 9.17) is 4.74 Å². The predicted octanol–water partition coefficient (Wildman–Crippen LogP) is 1.14. The standard InChI is InChI=1S/C9H15NO2S/c1-4-5-12-9(11)8(10-3)7(2)6-13/h4,10,13H,1,5-6H2,2-3H3/b8-7+. The van der Waals surface area contributed by atoms with E-state index in [1.807, 2.05) is 6.92 Å². The van der Waals surface area contributed by atoms with Crippen LogP contribution in [0.4, 0.5) is 0 Å². The topological polar surface area (TPSA) is 38.3 Å². The van der Waals surface area contributed by atoms with E-state index in [0.29, 0.717) is 11.4 Å². The van der Waals surface area contributed by atoms with Crippen LogP contribution >= 0.6 is 12.6 Å². The third kappa shape index (κ3) is 4.03. The summed E-state index contributed by atoms with van der Waals surface area (Å²) in [6.07, 6.45) is 1.53. The molecule has 0 saturated heterocycles. The van der Waals surface area contributed by atoms with Gasteiger partial charge in [-0.05, 0) is 12.5 Å². The van der Waals surface area contributed by atoms with Crippen molar-refractivity contribution in [2.75, 3.05) is 19.4 Å². The Morgan fingerprint density at radius 3 is 2.69 bits per heavy atom. The second kappa shape index (κ2) is 6.60. The summed E-state index contributed by atoms with van der Waals surface area (Å²) in [5, 5.41) is 2.78. The quantitative estimate of drug-likeness (QED) is 0.303. The van der Waals surface area contributed by atoms with Gasteiger partial charge in [0.25, 0.3) is 0 Å². The molecule has 0 rings (SSSR count). The molecule has 0 spiro atoms. The highest BCUT2D eigenvalue weighted by Crippen LogP contribution is 2.04. The molecule has 0 heterocycles. The molecule has 0 bridgehead atoms. The van der Waals surface area contributed by atoms with Crippen LogP contribution in [-0.2, 0) is 9.53 Å². The monoisotopic (exact) mass is 201 g/mol. The average molecular weight is 201 g/mol. The maximum atomic E-state index is 11.3. The molecule has 3 nitrogen and oxygen atoms in total. The number of thiol groups is 1. The first kappa shape index (κ1) is 12.1. The van der Waals surface area contributed by atoms with Gasteiger partial charge in [0, 0.05) is 12.8 Å². The zero-order valence-electron chi connectivity index (χ0n) is 7.96. The third-order valence-corrected chi connectivity index (χ3v) is 1.92. The summed E-state index contributed by atoms with van der Waals surface area (Å²) in [5.41, 5.74) is 1.33. The van der Waals surface area contributed by atoms with Gasteiger partial charge in [0.2, 0.25) is 0 Å². The highest BCUT2D eigenvalue weighted by molar-refractivity contribution is 7.80. The van der Waals surface area contributed by atoms with Crippen LogP contribution in [0.15, 0.2) is 23.9 Å². The van der Waals surface area contributed by atoms with Gasteiger partial charge in [-0.25, -0.2) is 4.79 Å². The largest absolute Gasteiger partial charge is 0.457 e. The molecule has 0 amide bonds. The lowest BCUT2D eigenvalue weighted by atomic mass is 10.2. The minimum absolute atomic E-state index is 0.226. The Kier molecular flexibility index (Phi) is 6.14. The van der Waals surface area contributed by atoms with Crippen molar-refractivity contribution in [3.05, 3.63) is 23.9 Å². The van der Waals surface area contributed by atoms with Gasteiger partial charge < -0.3 is 10.1 Å². The summed E-state index contributed by atoms with van der Waals surface area (Å²) in [4.78, 5) is 11.3. The molecule has 74 valence electrons. The SMILES string of the molecule is C=CCOC(=O)/C(NC)=C(/C)CS. The van der Waals surface area contributed by atoms with Gasteiger partial charge >= 0.3 is 5.97 Å². The van der Waals surface area contributed by atoms with Crippen LogP contribution in [0.2, 0.25) is 0 Å². The normalized spacial score (nSPS) is 11.6.